The first-order chi connectivity index (χ1) is 30.0. The Morgan fingerprint density at radius 1 is 0.565 bits per heavy atom. The van der Waals surface area contributed by atoms with Gasteiger partial charge in [0.1, 0.15) is 23.3 Å². The van der Waals surface area contributed by atoms with Crippen LogP contribution in [0, 0.1) is 34.6 Å². The molecule has 6 aromatic rings. The zero-order valence-corrected chi connectivity index (χ0v) is 34.5. The van der Waals surface area contributed by atoms with Crippen LogP contribution in [0.15, 0.2) is 85.5 Å². The Labute approximate surface area is 360 Å². The highest BCUT2D eigenvalue weighted by Crippen LogP contribution is 2.26. The summed E-state index contributed by atoms with van der Waals surface area (Å²) in [7, 11) is 4.08. The van der Waals surface area contributed by atoms with Gasteiger partial charge in [0.15, 0.2) is 23.3 Å². The number of nitrogens with zero attached hydrogens (tertiary/aromatic N) is 11. The van der Waals surface area contributed by atoms with Crippen molar-refractivity contribution in [2.24, 2.45) is 0 Å². The number of nitrogens with one attached hydrogen (secondary N) is 4. The van der Waals surface area contributed by atoms with E-state index in [9.17, 15) is 17.6 Å². The zero-order valence-electron chi connectivity index (χ0n) is 33.8. The molecule has 2 saturated heterocycles. The van der Waals surface area contributed by atoms with Gasteiger partial charge in [0.25, 0.3) is 0 Å². The number of likely N-dealkylation sites (N-methyl/N-ethyl adjacent to an activating group) is 2. The lowest BCUT2D eigenvalue weighted by Gasteiger charge is -2.33. The number of piperazine rings is 2. The summed E-state index contributed by atoms with van der Waals surface area (Å²) in [5.74, 6) is 0.382. The second kappa shape index (κ2) is 20.1. The number of benzene rings is 2. The molecule has 6 heterocycles. The first-order valence-electron chi connectivity index (χ1n) is 19.5. The van der Waals surface area contributed by atoms with Gasteiger partial charge in [-0.25, -0.2) is 37.5 Å². The molecule has 0 spiro atoms. The molecule has 0 atom stereocenters. The third-order valence-electron chi connectivity index (χ3n) is 9.85. The van der Waals surface area contributed by atoms with Crippen LogP contribution >= 0.6 is 11.6 Å². The molecule has 0 aliphatic carbocycles. The summed E-state index contributed by atoms with van der Waals surface area (Å²) < 4.78 is 56.3. The first-order valence-corrected chi connectivity index (χ1v) is 19.9. The molecule has 62 heavy (non-hydrogen) atoms. The van der Waals surface area contributed by atoms with Crippen LogP contribution in [-0.2, 0) is 6.42 Å². The normalized spacial score (nSPS) is 14.4. The van der Waals surface area contributed by atoms with E-state index in [2.05, 4.69) is 61.0 Å². The summed E-state index contributed by atoms with van der Waals surface area (Å²) in [6, 6.07) is 16.7. The molecular formula is C42H42ClF4N15. The predicted molar refractivity (Wildman–Crippen MR) is 232 cm³/mol. The maximum absolute atomic E-state index is 14.7. The average Bonchev–Trinajstić information content (AvgIpc) is 3.25. The Balaban J connectivity index is 0.000000187. The number of nitriles is 1. The highest BCUT2D eigenvalue weighted by molar-refractivity contribution is 6.31. The lowest BCUT2D eigenvalue weighted by molar-refractivity contribution is 0.311. The number of rotatable bonds is 11. The van der Waals surface area contributed by atoms with Crippen molar-refractivity contribution in [1.82, 2.24) is 39.7 Å². The predicted octanol–water partition coefficient (Wildman–Crippen LogP) is 7.50. The lowest BCUT2D eigenvalue weighted by atomic mass is 10.1. The molecule has 0 bridgehead atoms. The van der Waals surface area contributed by atoms with Gasteiger partial charge >= 0.3 is 0 Å². The van der Waals surface area contributed by atoms with Crippen molar-refractivity contribution in [3.05, 3.63) is 119 Å². The molecule has 320 valence electrons. The number of hydrogen-bond donors (Lipinski definition) is 4. The van der Waals surface area contributed by atoms with E-state index in [0.29, 0.717) is 51.6 Å². The van der Waals surface area contributed by atoms with E-state index < -0.39 is 23.3 Å². The Bertz CT molecular complexity index is 2530. The van der Waals surface area contributed by atoms with Gasteiger partial charge in [-0.3, -0.25) is 0 Å². The smallest absolute Gasteiger partial charge is 0.229 e. The van der Waals surface area contributed by atoms with Crippen LogP contribution in [0.25, 0.3) is 0 Å². The van der Waals surface area contributed by atoms with Crippen molar-refractivity contribution >= 4 is 69.5 Å². The number of anilines is 10. The van der Waals surface area contributed by atoms with Crippen LogP contribution in [0.1, 0.15) is 5.56 Å². The fourth-order valence-corrected chi connectivity index (χ4v) is 6.66. The molecule has 4 aromatic heterocycles. The van der Waals surface area contributed by atoms with Crippen molar-refractivity contribution in [3.8, 4) is 6.07 Å². The molecule has 2 fully saturated rings. The fourth-order valence-electron chi connectivity index (χ4n) is 6.48. The van der Waals surface area contributed by atoms with Gasteiger partial charge < -0.3 is 40.9 Å². The summed E-state index contributed by atoms with van der Waals surface area (Å²) in [5, 5.41) is 20.8. The third-order valence-corrected chi connectivity index (χ3v) is 10.1. The number of aromatic nitrogens is 6. The molecule has 0 radical (unpaired) electrons. The lowest BCUT2D eigenvalue weighted by Crippen LogP contribution is -2.45. The number of pyridine rings is 2. The molecule has 2 aromatic carbocycles. The van der Waals surface area contributed by atoms with Crippen molar-refractivity contribution in [2.75, 3.05) is 97.5 Å². The summed E-state index contributed by atoms with van der Waals surface area (Å²) in [4.78, 5) is 33.8. The van der Waals surface area contributed by atoms with E-state index in [1.807, 2.05) is 30.0 Å². The third kappa shape index (κ3) is 11.5. The van der Waals surface area contributed by atoms with Gasteiger partial charge in [0.2, 0.25) is 11.9 Å². The highest BCUT2D eigenvalue weighted by atomic mass is 35.5. The summed E-state index contributed by atoms with van der Waals surface area (Å²) >= 11 is 5.80. The molecule has 8 rings (SSSR count). The molecule has 0 unspecified atom stereocenters. The first kappa shape index (κ1) is 43.2. The van der Waals surface area contributed by atoms with Gasteiger partial charge in [-0.15, -0.1) is 0 Å². The Morgan fingerprint density at radius 2 is 1.03 bits per heavy atom. The largest absolute Gasteiger partial charge is 0.352 e. The molecule has 0 amide bonds. The van der Waals surface area contributed by atoms with Crippen LogP contribution in [0.4, 0.5) is 75.5 Å². The van der Waals surface area contributed by atoms with E-state index in [-0.39, 0.29) is 23.3 Å². The SMILES string of the molecule is CN1CCN(c2ncc(Nc3nccc(Nc4ccc(F)c(CC#N)c4)n3)cc2F)CC1.CN1CCN(c2ncc(Nc3nccc(Nc4ccc(F)c(Cl)c4)n3)cc2F)CC1. The van der Waals surface area contributed by atoms with Crippen LogP contribution in [0.3, 0.4) is 0 Å². The molecule has 20 heteroatoms. The van der Waals surface area contributed by atoms with E-state index in [1.165, 1.54) is 30.3 Å². The van der Waals surface area contributed by atoms with E-state index >= 15 is 0 Å². The van der Waals surface area contributed by atoms with Crippen molar-refractivity contribution in [2.45, 2.75) is 6.42 Å². The van der Waals surface area contributed by atoms with Crippen molar-refractivity contribution in [1.29, 1.82) is 5.26 Å². The highest BCUT2D eigenvalue weighted by Gasteiger charge is 2.20. The molecule has 2 aliphatic rings. The van der Waals surface area contributed by atoms with Gasteiger partial charge in [-0.1, -0.05) is 11.6 Å². The van der Waals surface area contributed by atoms with Crippen LogP contribution in [-0.4, -0.2) is 106 Å². The van der Waals surface area contributed by atoms with Gasteiger partial charge in [-0.05, 0) is 62.6 Å². The van der Waals surface area contributed by atoms with Crippen LogP contribution < -0.4 is 31.1 Å². The molecular weight excluding hydrogens is 826 g/mol. The van der Waals surface area contributed by atoms with Crippen LogP contribution in [0.5, 0.6) is 0 Å². The Kier molecular flexibility index (Phi) is 14.0. The van der Waals surface area contributed by atoms with Gasteiger partial charge in [-0.2, -0.15) is 15.2 Å². The van der Waals surface area contributed by atoms with E-state index in [0.717, 1.165) is 52.4 Å². The zero-order chi connectivity index (χ0) is 43.6. The monoisotopic (exact) mass is 867 g/mol. The quantitative estimate of drug-likeness (QED) is 0.0947. The van der Waals surface area contributed by atoms with Crippen molar-refractivity contribution < 1.29 is 17.6 Å². The molecule has 4 N–H and O–H groups in total. The average molecular weight is 868 g/mol. The van der Waals surface area contributed by atoms with Gasteiger partial charge in [0.05, 0.1) is 41.3 Å². The molecule has 0 saturated carbocycles. The second-order valence-corrected chi connectivity index (χ2v) is 14.8. The minimum atomic E-state index is -0.498. The summed E-state index contributed by atoms with van der Waals surface area (Å²) in [6.45, 7) is 6.38. The maximum atomic E-state index is 14.7. The van der Waals surface area contributed by atoms with E-state index in [4.69, 9.17) is 16.9 Å². The minimum Gasteiger partial charge on any atom is -0.352 e. The molecule has 15 nitrogen and oxygen atoms in total. The fraction of sp³-hybridized carbons (Fsp3) is 0.262. The number of halogens is 5. The van der Waals surface area contributed by atoms with Crippen LogP contribution in [0.2, 0.25) is 5.02 Å². The molecule has 2 aliphatic heterocycles. The maximum Gasteiger partial charge on any atom is 0.229 e. The summed E-state index contributed by atoms with van der Waals surface area (Å²) in [5.41, 5.74) is 2.33. The van der Waals surface area contributed by atoms with Crippen molar-refractivity contribution in [3.63, 3.8) is 0 Å². The topological polar surface area (TPSA) is 162 Å². The van der Waals surface area contributed by atoms with Gasteiger partial charge in [0, 0.05) is 93.8 Å². The summed E-state index contributed by atoms with van der Waals surface area (Å²) in [6.07, 6.45) is 6.17. The number of hydrogen-bond acceptors (Lipinski definition) is 15. The Hall–Kier alpha value is -6.88. The minimum absolute atomic E-state index is 0.00870. The second-order valence-electron chi connectivity index (χ2n) is 14.4. The van der Waals surface area contributed by atoms with E-state index in [1.54, 1.807) is 55.1 Å². The Morgan fingerprint density at radius 3 is 1.48 bits per heavy atom. The standard InChI is InChI=1S/C22H22F2N8.C20H20ClF2N7/c1-31-8-10-32(11-9-31)21-19(24)13-17(14-27-21)29-22-26-7-5-20(30-22)28-16-2-3-18(23)15(12-16)4-6-25;1-29-6-8-30(9-7-29)19-17(23)11-14(12-25-19)27-20-24-5-4-18(28-20)26-13-2-3-16(22)15(21)10-13/h2-3,5,7,12-14H,4,8-11H2,1H3,(H2,26,28,29,30);2-5,10-12H,6-9H2,1H3,(H2,24,26,27,28).